The molecular weight excluding hydrogens is 254 g/mol. The van der Waals surface area contributed by atoms with Crippen LogP contribution in [0.4, 0.5) is 11.4 Å². The highest BCUT2D eigenvalue weighted by Gasteiger charge is 2.17. The van der Waals surface area contributed by atoms with E-state index in [2.05, 4.69) is 29.6 Å². The van der Waals surface area contributed by atoms with Crippen molar-refractivity contribution in [1.29, 1.82) is 0 Å². The first-order valence-electron chi connectivity index (χ1n) is 6.11. The van der Waals surface area contributed by atoms with Crippen LogP contribution in [-0.4, -0.2) is 5.11 Å². The normalized spacial score (nSPS) is 12.6. The molecule has 0 radical (unpaired) electrons. The fourth-order valence-corrected chi connectivity index (χ4v) is 3.43. The molecule has 0 amide bonds. The third-order valence-electron chi connectivity index (χ3n) is 3.33. The zero-order valence-electron chi connectivity index (χ0n) is 10.1. The van der Waals surface area contributed by atoms with Gasteiger partial charge in [0.2, 0.25) is 0 Å². The lowest BCUT2D eigenvalue weighted by Crippen LogP contribution is -2.00. The number of benzene rings is 3. The summed E-state index contributed by atoms with van der Waals surface area (Å²) in [6, 6.07) is 18.0. The van der Waals surface area contributed by atoms with Gasteiger partial charge >= 0.3 is 0 Å². The molecule has 92 valence electrons. The first-order valence-corrected chi connectivity index (χ1v) is 6.92. The van der Waals surface area contributed by atoms with Gasteiger partial charge in [-0.3, -0.25) is 0 Å². The van der Waals surface area contributed by atoms with Gasteiger partial charge in [-0.25, -0.2) is 0 Å². The number of para-hydroxylation sites is 1. The van der Waals surface area contributed by atoms with E-state index in [-0.39, 0.29) is 0 Å². The molecule has 3 aromatic carbocycles. The standard InChI is InChI=1S/C16H11NOS/c18-11-7-5-10-6-8-15-16(12(10)9-11)17-13-3-1-2-4-14(13)19-15/h1-9,17-18H. The molecule has 19 heavy (non-hydrogen) atoms. The number of fused-ring (bicyclic) bond motifs is 4. The minimum atomic E-state index is 0.298. The van der Waals surface area contributed by atoms with Crippen molar-refractivity contribution in [3.8, 4) is 5.75 Å². The van der Waals surface area contributed by atoms with E-state index in [1.54, 1.807) is 17.8 Å². The molecule has 3 heteroatoms. The molecule has 1 aliphatic heterocycles. The summed E-state index contributed by atoms with van der Waals surface area (Å²) in [7, 11) is 0. The SMILES string of the molecule is Oc1ccc2ccc3c(c2c1)Nc1ccccc1S3. The molecule has 0 saturated carbocycles. The highest BCUT2D eigenvalue weighted by molar-refractivity contribution is 7.99. The van der Waals surface area contributed by atoms with Crippen molar-refractivity contribution >= 4 is 33.9 Å². The molecule has 0 saturated heterocycles. The Labute approximate surface area is 115 Å². The third-order valence-corrected chi connectivity index (χ3v) is 4.47. The van der Waals surface area contributed by atoms with Gasteiger partial charge in [0.1, 0.15) is 5.75 Å². The smallest absolute Gasteiger partial charge is 0.116 e. The van der Waals surface area contributed by atoms with Crippen LogP contribution in [0.25, 0.3) is 10.8 Å². The monoisotopic (exact) mass is 265 g/mol. The highest BCUT2D eigenvalue weighted by Crippen LogP contribution is 2.47. The van der Waals surface area contributed by atoms with Gasteiger partial charge in [-0.05, 0) is 35.7 Å². The van der Waals surface area contributed by atoms with Gasteiger partial charge in [-0.2, -0.15) is 0 Å². The van der Waals surface area contributed by atoms with Crippen molar-refractivity contribution in [2.45, 2.75) is 9.79 Å². The van der Waals surface area contributed by atoms with Crippen LogP contribution in [0.2, 0.25) is 0 Å². The van der Waals surface area contributed by atoms with E-state index < -0.39 is 0 Å². The van der Waals surface area contributed by atoms with Crippen LogP contribution in [0.15, 0.2) is 64.4 Å². The maximum Gasteiger partial charge on any atom is 0.116 e. The molecule has 0 fully saturated rings. The topological polar surface area (TPSA) is 32.3 Å². The Morgan fingerprint density at radius 3 is 2.68 bits per heavy atom. The van der Waals surface area contributed by atoms with Crippen LogP contribution < -0.4 is 5.32 Å². The summed E-state index contributed by atoms with van der Waals surface area (Å²) in [5, 5.41) is 15.4. The first kappa shape index (κ1) is 10.8. The zero-order chi connectivity index (χ0) is 12.8. The van der Waals surface area contributed by atoms with Gasteiger partial charge in [0, 0.05) is 15.2 Å². The molecule has 2 N–H and O–H groups in total. The molecule has 4 rings (SSSR count). The molecule has 3 aromatic rings. The molecule has 0 atom stereocenters. The molecule has 0 aliphatic carbocycles. The van der Waals surface area contributed by atoms with Crippen molar-refractivity contribution in [2.75, 3.05) is 5.32 Å². The van der Waals surface area contributed by atoms with E-state index in [4.69, 9.17) is 0 Å². The summed E-state index contributed by atoms with van der Waals surface area (Å²) in [4.78, 5) is 2.42. The Hall–Kier alpha value is -2.13. The maximum atomic E-state index is 9.69. The first-order chi connectivity index (χ1) is 9.31. The van der Waals surface area contributed by atoms with Gasteiger partial charge in [0.25, 0.3) is 0 Å². The molecule has 2 nitrogen and oxygen atoms in total. The average molecular weight is 265 g/mol. The van der Waals surface area contributed by atoms with Gasteiger partial charge < -0.3 is 10.4 Å². The predicted octanol–water partition coefficient (Wildman–Crippen LogP) is 4.75. The van der Waals surface area contributed by atoms with E-state index in [0.29, 0.717) is 5.75 Å². The molecule has 0 spiro atoms. The van der Waals surface area contributed by atoms with Crippen LogP contribution in [0.1, 0.15) is 0 Å². The lowest BCUT2D eigenvalue weighted by Gasteiger charge is -2.22. The quantitative estimate of drug-likeness (QED) is 0.481. The van der Waals surface area contributed by atoms with Crippen LogP contribution >= 0.6 is 11.8 Å². The lowest BCUT2D eigenvalue weighted by molar-refractivity contribution is 0.476. The molecule has 0 bridgehead atoms. The molecular formula is C16H11NOS. The summed E-state index contributed by atoms with van der Waals surface area (Å²) in [5.41, 5.74) is 2.20. The average Bonchev–Trinajstić information content (AvgIpc) is 2.45. The summed E-state index contributed by atoms with van der Waals surface area (Å²) in [6.07, 6.45) is 0. The minimum Gasteiger partial charge on any atom is -0.508 e. The number of hydrogen-bond donors (Lipinski definition) is 2. The van der Waals surface area contributed by atoms with Crippen molar-refractivity contribution in [3.05, 3.63) is 54.6 Å². The third kappa shape index (κ3) is 1.66. The van der Waals surface area contributed by atoms with Gasteiger partial charge in [0.15, 0.2) is 0 Å². The van der Waals surface area contributed by atoms with Crippen LogP contribution in [0, 0.1) is 0 Å². The highest BCUT2D eigenvalue weighted by atomic mass is 32.2. The molecule has 0 aromatic heterocycles. The van der Waals surface area contributed by atoms with Gasteiger partial charge in [-0.1, -0.05) is 36.0 Å². The van der Waals surface area contributed by atoms with Gasteiger partial charge in [0.05, 0.1) is 11.4 Å². The number of nitrogens with one attached hydrogen (secondary N) is 1. The Kier molecular flexibility index (Phi) is 2.23. The fourth-order valence-electron chi connectivity index (χ4n) is 2.41. The second-order valence-corrected chi connectivity index (χ2v) is 5.65. The summed E-state index contributed by atoms with van der Waals surface area (Å²) in [5.74, 6) is 0.298. The predicted molar refractivity (Wildman–Crippen MR) is 79.5 cm³/mol. The molecule has 1 heterocycles. The van der Waals surface area contributed by atoms with Crippen molar-refractivity contribution in [3.63, 3.8) is 0 Å². The van der Waals surface area contributed by atoms with E-state index in [0.717, 1.165) is 22.1 Å². The minimum absolute atomic E-state index is 0.298. The molecule has 1 aliphatic rings. The maximum absolute atomic E-state index is 9.69. The second kappa shape index (κ2) is 3.93. The van der Waals surface area contributed by atoms with Crippen molar-refractivity contribution in [2.24, 2.45) is 0 Å². The van der Waals surface area contributed by atoms with Crippen LogP contribution in [0.5, 0.6) is 5.75 Å². The van der Waals surface area contributed by atoms with Gasteiger partial charge in [-0.15, -0.1) is 0 Å². The number of rotatable bonds is 0. The zero-order valence-corrected chi connectivity index (χ0v) is 10.9. The second-order valence-electron chi connectivity index (χ2n) is 4.57. The Balaban J connectivity index is 1.98. The van der Waals surface area contributed by atoms with Crippen molar-refractivity contribution in [1.82, 2.24) is 0 Å². The Bertz CT molecular complexity index is 798. The lowest BCUT2D eigenvalue weighted by atomic mass is 10.1. The Morgan fingerprint density at radius 1 is 0.895 bits per heavy atom. The summed E-state index contributed by atoms with van der Waals surface area (Å²) in [6.45, 7) is 0. The van der Waals surface area contributed by atoms with Crippen molar-refractivity contribution < 1.29 is 5.11 Å². The summed E-state index contributed by atoms with van der Waals surface area (Å²) >= 11 is 1.76. The van der Waals surface area contributed by atoms with E-state index in [9.17, 15) is 5.11 Å². The fraction of sp³-hybridized carbons (Fsp3) is 0. The number of anilines is 2. The summed E-state index contributed by atoms with van der Waals surface area (Å²) < 4.78 is 0. The van der Waals surface area contributed by atoms with Crippen LogP contribution in [0.3, 0.4) is 0 Å². The number of phenols is 1. The number of hydrogen-bond acceptors (Lipinski definition) is 3. The van der Waals surface area contributed by atoms with E-state index in [1.807, 2.05) is 24.3 Å². The number of aromatic hydroxyl groups is 1. The van der Waals surface area contributed by atoms with E-state index in [1.165, 1.54) is 9.79 Å². The van der Waals surface area contributed by atoms with Crippen LogP contribution in [-0.2, 0) is 0 Å². The largest absolute Gasteiger partial charge is 0.508 e. The van der Waals surface area contributed by atoms with E-state index >= 15 is 0 Å². The Morgan fingerprint density at radius 2 is 1.74 bits per heavy atom. The number of phenolic OH excluding ortho intramolecular Hbond substituents is 1. The molecule has 0 unspecified atom stereocenters.